The van der Waals surface area contributed by atoms with Crippen molar-refractivity contribution in [1.29, 1.82) is 0 Å². The lowest BCUT2D eigenvalue weighted by molar-refractivity contribution is 0.0997. The van der Waals surface area contributed by atoms with E-state index in [-0.39, 0.29) is 5.78 Å². The van der Waals surface area contributed by atoms with E-state index in [1.54, 1.807) is 11.3 Å². The summed E-state index contributed by atoms with van der Waals surface area (Å²) >= 11 is 2.90. The fourth-order valence-electron chi connectivity index (χ4n) is 1.15. The molecule has 2 rings (SSSR count). The number of nitrogens with zero attached hydrogens (tertiary/aromatic N) is 1. The van der Waals surface area contributed by atoms with Crippen molar-refractivity contribution in [3.63, 3.8) is 0 Å². The van der Waals surface area contributed by atoms with E-state index in [9.17, 15) is 4.79 Å². The van der Waals surface area contributed by atoms with Gasteiger partial charge in [-0.25, -0.2) is 0 Å². The Bertz CT molecular complexity index is 431. The van der Waals surface area contributed by atoms with Crippen LogP contribution in [0.5, 0.6) is 0 Å². The first-order valence-electron chi connectivity index (χ1n) is 4.24. The monoisotopic (exact) mass is 223 g/mol. The molecule has 0 atom stereocenters. The molecule has 0 saturated carbocycles. The van der Waals surface area contributed by atoms with Gasteiger partial charge in [0.2, 0.25) is 0 Å². The van der Waals surface area contributed by atoms with E-state index >= 15 is 0 Å². The number of ketones is 1. The first-order valence-corrected chi connectivity index (χ1v) is 5.90. The molecule has 0 spiro atoms. The maximum absolute atomic E-state index is 11.7. The van der Waals surface area contributed by atoms with Gasteiger partial charge in [-0.15, -0.1) is 11.3 Å². The minimum absolute atomic E-state index is 0.165. The van der Waals surface area contributed by atoms with Crippen molar-refractivity contribution in [1.82, 2.24) is 4.37 Å². The van der Waals surface area contributed by atoms with Gasteiger partial charge in [0.15, 0.2) is 5.78 Å². The smallest absolute Gasteiger partial charge is 0.179 e. The van der Waals surface area contributed by atoms with Crippen LogP contribution in [-0.4, -0.2) is 10.2 Å². The van der Waals surface area contributed by atoms with Gasteiger partial charge in [-0.3, -0.25) is 4.79 Å². The van der Waals surface area contributed by atoms with Crippen molar-refractivity contribution < 1.29 is 4.79 Å². The van der Waals surface area contributed by atoms with Crippen molar-refractivity contribution in [2.45, 2.75) is 13.3 Å². The molecule has 2 heterocycles. The highest BCUT2D eigenvalue weighted by Crippen LogP contribution is 2.15. The number of hydrogen-bond donors (Lipinski definition) is 0. The lowest BCUT2D eigenvalue weighted by atomic mass is 10.2. The molecule has 72 valence electrons. The zero-order valence-corrected chi connectivity index (χ0v) is 9.32. The SMILES string of the molecule is Cc1cc(C(=O)Cc2cccs2)sn1. The second-order valence-electron chi connectivity index (χ2n) is 3.01. The van der Waals surface area contributed by atoms with Crippen LogP contribution in [0.1, 0.15) is 20.2 Å². The van der Waals surface area contributed by atoms with Crippen LogP contribution in [0.2, 0.25) is 0 Å². The first-order chi connectivity index (χ1) is 6.75. The molecule has 0 aliphatic heterocycles. The number of thiophene rings is 1. The number of aryl methyl sites for hydroxylation is 1. The van der Waals surface area contributed by atoms with Crippen LogP contribution in [0.3, 0.4) is 0 Å². The summed E-state index contributed by atoms with van der Waals surface area (Å²) in [5.74, 6) is 0.165. The Balaban J connectivity index is 2.10. The molecule has 0 aliphatic carbocycles. The molecule has 2 aromatic rings. The number of carbonyl (C=O) groups is 1. The summed E-state index contributed by atoms with van der Waals surface area (Å²) in [5, 5.41) is 1.99. The summed E-state index contributed by atoms with van der Waals surface area (Å²) < 4.78 is 4.09. The summed E-state index contributed by atoms with van der Waals surface area (Å²) in [4.78, 5) is 13.6. The molecule has 0 bridgehead atoms. The largest absolute Gasteiger partial charge is 0.293 e. The van der Waals surface area contributed by atoms with Crippen LogP contribution in [-0.2, 0) is 6.42 Å². The maximum Gasteiger partial charge on any atom is 0.179 e. The van der Waals surface area contributed by atoms with Crippen molar-refractivity contribution in [2.75, 3.05) is 0 Å². The third-order valence-corrected chi connectivity index (χ3v) is 3.62. The van der Waals surface area contributed by atoms with Crippen molar-refractivity contribution in [3.05, 3.63) is 39.0 Å². The fraction of sp³-hybridized carbons (Fsp3) is 0.200. The fourth-order valence-corrected chi connectivity index (χ4v) is 2.55. The van der Waals surface area contributed by atoms with Crippen LogP contribution < -0.4 is 0 Å². The third kappa shape index (κ3) is 2.08. The predicted octanol–water partition coefficient (Wildman–Crippen LogP) is 2.94. The highest BCUT2D eigenvalue weighted by atomic mass is 32.1. The molecule has 0 aliphatic rings. The molecular formula is C10H9NOS2. The Morgan fingerprint density at radius 1 is 1.57 bits per heavy atom. The number of aromatic nitrogens is 1. The van der Waals surface area contributed by atoms with E-state index in [1.807, 2.05) is 30.5 Å². The van der Waals surface area contributed by atoms with E-state index in [1.165, 1.54) is 11.5 Å². The van der Waals surface area contributed by atoms with Crippen LogP contribution in [0.15, 0.2) is 23.6 Å². The average Bonchev–Trinajstić information content (AvgIpc) is 2.75. The quantitative estimate of drug-likeness (QED) is 0.749. The Morgan fingerprint density at radius 2 is 2.43 bits per heavy atom. The second-order valence-corrected chi connectivity index (χ2v) is 4.85. The highest BCUT2D eigenvalue weighted by Gasteiger charge is 2.10. The summed E-state index contributed by atoms with van der Waals surface area (Å²) in [6.07, 6.45) is 0.499. The lowest BCUT2D eigenvalue weighted by Crippen LogP contribution is -1.98. The molecule has 4 heteroatoms. The van der Waals surface area contributed by atoms with E-state index < -0.39 is 0 Å². The Labute approximate surface area is 90.4 Å². The summed E-state index contributed by atoms with van der Waals surface area (Å²) in [7, 11) is 0. The van der Waals surface area contributed by atoms with Gasteiger partial charge in [0.05, 0.1) is 10.6 Å². The number of Topliss-reactive ketones (excluding diaryl/α,β-unsaturated/α-hetero) is 1. The van der Waals surface area contributed by atoms with Crippen LogP contribution in [0, 0.1) is 6.92 Å². The Morgan fingerprint density at radius 3 is 3.00 bits per heavy atom. The van der Waals surface area contributed by atoms with E-state index in [0.29, 0.717) is 6.42 Å². The maximum atomic E-state index is 11.7. The summed E-state index contributed by atoms with van der Waals surface area (Å²) in [6.45, 7) is 1.90. The lowest BCUT2D eigenvalue weighted by Gasteiger charge is -1.92. The van der Waals surface area contributed by atoms with Gasteiger partial charge < -0.3 is 0 Å². The highest BCUT2D eigenvalue weighted by molar-refractivity contribution is 7.10. The number of hydrogen-bond acceptors (Lipinski definition) is 4. The minimum atomic E-state index is 0.165. The molecule has 0 unspecified atom stereocenters. The van der Waals surface area contributed by atoms with Gasteiger partial charge in [0.25, 0.3) is 0 Å². The van der Waals surface area contributed by atoms with E-state index in [0.717, 1.165) is 15.4 Å². The second kappa shape index (κ2) is 4.02. The van der Waals surface area contributed by atoms with Crippen LogP contribution >= 0.6 is 22.9 Å². The number of rotatable bonds is 3. The van der Waals surface area contributed by atoms with E-state index in [2.05, 4.69) is 4.37 Å². The van der Waals surface area contributed by atoms with Gasteiger partial charge in [-0.2, -0.15) is 4.37 Å². The molecular weight excluding hydrogens is 214 g/mol. The molecule has 2 aromatic heterocycles. The van der Waals surface area contributed by atoms with E-state index in [4.69, 9.17) is 0 Å². The molecule has 2 nitrogen and oxygen atoms in total. The third-order valence-electron chi connectivity index (χ3n) is 1.82. The molecule has 0 saturated heterocycles. The molecule has 0 radical (unpaired) electrons. The van der Waals surface area contributed by atoms with Gasteiger partial charge in [0, 0.05) is 11.3 Å². The molecule has 0 fully saturated rings. The van der Waals surface area contributed by atoms with Crippen LogP contribution in [0.4, 0.5) is 0 Å². The minimum Gasteiger partial charge on any atom is -0.293 e. The molecule has 14 heavy (non-hydrogen) atoms. The Hall–Kier alpha value is -1.000. The summed E-state index contributed by atoms with van der Waals surface area (Å²) in [6, 6.07) is 5.79. The van der Waals surface area contributed by atoms with Crippen LogP contribution in [0.25, 0.3) is 0 Å². The topological polar surface area (TPSA) is 30.0 Å². The van der Waals surface area contributed by atoms with Crippen molar-refractivity contribution in [2.24, 2.45) is 0 Å². The zero-order valence-electron chi connectivity index (χ0n) is 7.69. The predicted molar refractivity (Wildman–Crippen MR) is 59.2 cm³/mol. The van der Waals surface area contributed by atoms with Gasteiger partial charge >= 0.3 is 0 Å². The molecule has 0 aromatic carbocycles. The van der Waals surface area contributed by atoms with Crippen molar-refractivity contribution in [3.8, 4) is 0 Å². The summed E-state index contributed by atoms with van der Waals surface area (Å²) in [5.41, 5.74) is 0.921. The first kappa shape index (κ1) is 9.55. The molecule has 0 N–H and O–H groups in total. The van der Waals surface area contributed by atoms with Gasteiger partial charge in [-0.05, 0) is 36.0 Å². The zero-order chi connectivity index (χ0) is 9.97. The van der Waals surface area contributed by atoms with Gasteiger partial charge in [0.1, 0.15) is 0 Å². The molecule has 0 amide bonds. The van der Waals surface area contributed by atoms with Crippen molar-refractivity contribution >= 4 is 28.7 Å². The normalized spacial score (nSPS) is 10.4. The standard InChI is InChI=1S/C10H9NOS2/c1-7-5-10(14-11-7)9(12)6-8-3-2-4-13-8/h2-5H,6H2,1H3. The number of carbonyl (C=O) groups excluding carboxylic acids is 1. The average molecular weight is 223 g/mol. The Kier molecular flexibility index (Phi) is 2.74. The van der Waals surface area contributed by atoms with Gasteiger partial charge in [-0.1, -0.05) is 6.07 Å².